The largest absolute Gasteiger partial charge is 0.477 e. The van der Waals surface area contributed by atoms with Crippen LogP contribution in [0.15, 0.2) is 9.85 Å². The molecule has 1 aromatic rings. The lowest BCUT2D eigenvalue weighted by molar-refractivity contribution is 0.0701. The van der Waals surface area contributed by atoms with Gasteiger partial charge in [-0.1, -0.05) is 0 Å². The Morgan fingerprint density at radius 2 is 2.25 bits per heavy atom. The van der Waals surface area contributed by atoms with Gasteiger partial charge in [-0.15, -0.1) is 11.3 Å². The smallest absolute Gasteiger partial charge is 0.347 e. The molecule has 0 saturated carbocycles. The van der Waals surface area contributed by atoms with E-state index in [0.29, 0.717) is 0 Å². The molecule has 0 aliphatic rings. The van der Waals surface area contributed by atoms with Crippen LogP contribution in [0.3, 0.4) is 0 Å². The number of alkyl halides is 2. The van der Waals surface area contributed by atoms with Gasteiger partial charge < -0.3 is 5.11 Å². The fourth-order valence-corrected chi connectivity index (χ4v) is 2.33. The lowest BCUT2D eigenvalue weighted by Crippen LogP contribution is -1.93. The van der Waals surface area contributed by atoms with Crippen molar-refractivity contribution in [3.05, 3.63) is 20.3 Å². The van der Waals surface area contributed by atoms with Crippen molar-refractivity contribution in [3.63, 3.8) is 0 Å². The molecule has 0 bridgehead atoms. The van der Waals surface area contributed by atoms with E-state index in [9.17, 15) is 13.6 Å². The standard InChI is InChI=1S/C6H3BrF2O2S/c7-3-2(5(8)9)1-12-4(3)6(10)11/h1,5H,(H,10,11). The number of carboxylic acids is 1. The maximum absolute atomic E-state index is 12.1. The minimum absolute atomic E-state index is 0.0185. The van der Waals surface area contributed by atoms with Gasteiger partial charge in [0.1, 0.15) is 4.88 Å². The molecule has 0 radical (unpaired) electrons. The molecule has 12 heavy (non-hydrogen) atoms. The molecule has 0 aliphatic carbocycles. The van der Waals surface area contributed by atoms with Gasteiger partial charge in [-0.05, 0) is 15.9 Å². The van der Waals surface area contributed by atoms with E-state index in [1.54, 1.807) is 0 Å². The van der Waals surface area contributed by atoms with Gasteiger partial charge in [0, 0.05) is 10.9 Å². The second-order valence-corrected chi connectivity index (χ2v) is 3.61. The van der Waals surface area contributed by atoms with E-state index in [4.69, 9.17) is 5.11 Å². The highest BCUT2D eigenvalue weighted by atomic mass is 79.9. The summed E-state index contributed by atoms with van der Waals surface area (Å²) in [5.41, 5.74) is -0.266. The fourth-order valence-electron chi connectivity index (χ4n) is 0.648. The second kappa shape index (κ2) is 3.49. The first-order valence-electron chi connectivity index (χ1n) is 2.82. The molecule has 0 aliphatic heterocycles. The molecule has 0 saturated heterocycles. The number of thiophene rings is 1. The summed E-state index contributed by atoms with van der Waals surface area (Å²) < 4.78 is 24.2. The Kier molecular flexibility index (Phi) is 2.79. The molecule has 1 rings (SSSR count). The number of rotatable bonds is 2. The molecule has 1 N–H and O–H groups in total. The molecule has 1 aromatic heterocycles. The molecule has 1 heterocycles. The topological polar surface area (TPSA) is 37.3 Å². The van der Waals surface area contributed by atoms with Crippen LogP contribution in [-0.2, 0) is 0 Å². The lowest BCUT2D eigenvalue weighted by atomic mass is 10.3. The maximum Gasteiger partial charge on any atom is 0.347 e. The van der Waals surface area contributed by atoms with E-state index in [-0.39, 0.29) is 14.9 Å². The SMILES string of the molecule is O=C(O)c1scc(C(F)F)c1Br. The normalized spacial score (nSPS) is 10.7. The van der Waals surface area contributed by atoms with E-state index in [1.165, 1.54) is 0 Å². The molecule has 0 aromatic carbocycles. The maximum atomic E-state index is 12.1. The Balaban J connectivity index is 3.13. The summed E-state index contributed by atoms with van der Waals surface area (Å²) in [6.07, 6.45) is -2.64. The third-order valence-corrected chi connectivity index (χ3v) is 3.29. The first kappa shape index (κ1) is 9.60. The van der Waals surface area contributed by atoms with Gasteiger partial charge >= 0.3 is 5.97 Å². The second-order valence-electron chi connectivity index (χ2n) is 1.94. The van der Waals surface area contributed by atoms with Crippen molar-refractivity contribution in [3.8, 4) is 0 Å². The van der Waals surface area contributed by atoms with Crippen molar-refractivity contribution >= 4 is 33.2 Å². The Morgan fingerprint density at radius 3 is 2.50 bits per heavy atom. The first-order valence-corrected chi connectivity index (χ1v) is 4.49. The number of aromatic carboxylic acids is 1. The Hall–Kier alpha value is -0.490. The van der Waals surface area contributed by atoms with Crippen LogP contribution in [0.25, 0.3) is 0 Å². The molecule has 66 valence electrons. The summed E-state index contributed by atoms with van der Waals surface area (Å²) in [5, 5.41) is 9.63. The minimum atomic E-state index is -2.64. The van der Waals surface area contributed by atoms with Crippen LogP contribution in [0.2, 0.25) is 0 Å². The van der Waals surface area contributed by atoms with Crippen molar-refractivity contribution in [2.45, 2.75) is 6.43 Å². The van der Waals surface area contributed by atoms with Crippen molar-refractivity contribution in [1.82, 2.24) is 0 Å². The predicted octanol–water partition coefficient (Wildman–Crippen LogP) is 3.15. The van der Waals surface area contributed by atoms with Crippen LogP contribution in [-0.4, -0.2) is 11.1 Å². The third-order valence-electron chi connectivity index (χ3n) is 1.19. The van der Waals surface area contributed by atoms with Crippen LogP contribution in [0, 0.1) is 0 Å². The molecule has 0 atom stereocenters. The van der Waals surface area contributed by atoms with Crippen LogP contribution in [0.4, 0.5) is 8.78 Å². The van der Waals surface area contributed by atoms with Crippen LogP contribution >= 0.6 is 27.3 Å². The molecule has 0 unspecified atom stereocenters. The van der Waals surface area contributed by atoms with Crippen molar-refractivity contribution in [2.24, 2.45) is 0 Å². The fraction of sp³-hybridized carbons (Fsp3) is 0.167. The van der Waals surface area contributed by atoms with Gasteiger partial charge in [0.2, 0.25) is 0 Å². The van der Waals surface area contributed by atoms with E-state index >= 15 is 0 Å². The summed E-state index contributed by atoms with van der Waals surface area (Å²) in [5.74, 6) is -1.20. The molecule has 0 spiro atoms. The average molecular weight is 257 g/mol. The van der Waals surface area contributed by atoms with Crippen molar-refractivity contribution < 1.29 is 18.7 Å². The number of hydrogen-bond donors (Lipinski definition) is 1. The zero-order valence-electron chi connectivity index (χ0n) is 5.55. The van der Waals surface area contributed by atoms with Gasteiger partial charge in [-0.2, -0.15) is 0 Å². The van der Waals surface area contributed by atoms with Crippen molar-refractivity contribution in [1.29, 1.82) is 0 Å². The monoisotopic (exact) mass is 256 g/mol. The zero-order valence-corrected chi connectivity index (χ0v) is 7.95. The first-order chi connectivity index (χ1) is 5.54. The quantitative estimate of drug-likeness (QED) is 0.883. The lowest BCUT2D eigenvalue weighted by Gasteiger charge is -1.94. The number of carbonyl (C=O) groups is 1. The van der Waals surface area contributed by atoms with Crippen LogP contribution in [0.1, 0.15) is 21.7 Å². The summed E-state index contributed by atoms with van der Waals surface area (Å²) in [7, 11) is 0. The average Bonchev–Trinajstić information content (AvgIpc) is 2.30. The molecule has 0 fully saturated rings. The van der Waals surface area contributed by atoms with Gasteiger partial charge in [0.15, 0.2) is 0 Å². The molecule has 6 heteroatoms. The zero-order chi connectivity index (χ0) is 9.30. The number of hydrogen-bond acceptors (Lipinski definition) is 2. The van der Waals surface area contributed by atoms with E-state index < -0.39 is 12.4 Å². The van der Waals surface area contributed by atoms with Gasteiger partial charge in [0.25, 0.3) is 6.43 Å². The minimum Gasteiger partial charge on any atom is -0.477 e. The van der Waals surface area contributed by atoms with Gasteiger partial charge in [-0.3, -0.25) is 0 Å². The Bertz CT molecular complexity index is 310. The summed E-state index contributed by atoms with van der Waals surface area (Å²) >= 11 is 3.59. The van der Waals surface area contributed by atoms with Crippen LogP contribution < -0.4 is 0 Å². The van der Waals surface area contributed by atoms with Crippen LogP contribution in [0.5, 0.6) is 0 Å². The molecule has 0 amide bonds. The van der Waals surface area contributed by atoms with E-state index in [1.807, 2.05) is 0 Å². The van der Waals surface area contributed by atoms with Gasteiger partial charge in [0.05, 0.1) is 4.47 Å². The molecular weight excluding hydrogens is 254 g/mol. The third kappa shape index (κ3) is 1.64. The number of halogens is 3. The Morgan fingerprint density at radius 1 is 1.67 bits per heavy atom. The molecule has 2 nitrogen and oxygen atoms in total. The summed E-state index contributed by atoms with van der Waals surface area (Å²) in [6, 6.07) is 0. The van der Waals surface area contributed by atoms with Gasteiger partial charge in [-0.25, -0.2) is 13.6 Å². The predicted molar refractivity (Wildman–Crippen MR) is 43.9 cm³/mol. The highest BCUT2D eigenvalue weighted by Crippen LogP contribution is 2.34. The Labute approximate surface area is 79.0 Å². The highest BCUT2D eigenvalue weighted by Gasteiger charge is 2.20. The molecular formula is C6H3BrF2O2S. The summed E-state index contributed by atoms with van der Waals surface area (Å²) in [4.78, 5) is 10.3. The highest BCUT2D eigenvalue weighted by molar-refractivity contribution is 9.10. The summed E-state index contributed by atoms with van der Waals surface area (Å²) in [6.45, 7) is 0. The van der Waals surface area contributed by atoms with E-state index in [2.05, 4.69) is 15.9 Å². The van der Waals surface area contributed by atoms with E-state index in [0.717, 1.165) is 16.7 Å². The number of carboxylic acid groups (broad SMARTS) is 1. The van der Waals surface area contributed by atoms with Crippen molar-refractivity contribution in [2.75, 3.05) is 0 Å².